The molecule has 0 saturated carbocycles. The number of hydrogen-bond acceptors (Lipinski definition) is 6. The summed E-state index contributed by atoms with van der Waals surface area (Å²) in [6.45, 7) is 1.23. The fourth-order valence-electron chi connectivity index (χ4n) is 2.48. The van der Waals surface area contributed by atoms with Gasteiger partial charge in [-0.05, 0) is 40.2 Å². The topological polar surface area (TPSA) is 85.8 Å². The van der Waals surface area contributed by atoms with Gasteiger partial charge in [-0.3, -0.25) is 0 Å². The predicted molar refractivity (Wildman–Crippen MR) is 102 cm³/mol. The van der Waals surface area contributed by atoms with E-state index in [4.69, 9.17) is 21.1 Å². The molecule has 0 aliphatic carbocycles. The average molecular weight is 476 g/mol. The van der Waals surface area contributed by atoms with Crippen LogP contribution in [-0.4, -0.2) is 50.0 Å². The van der Waals surface area contributed by atoms with Crippen LogP contribution < -0.4 is 0 Å². The van der Waals surface area contributed by atoms with Crippen LogP contribution in [0, 0.1) is 0 Å². The first kappa shape index (κ1) is 20.2. The van der Waals surface area contributed by atoms with Crippen molar-refractivity contribution in [2.24, 2.45) is 0 Å². The average Bonchev–Trinajstić information content (AvgIpc) is 2.68. The van der Waals surface area contributed by atoms with E-state index in [9.17, 15) is 13.2 Å². The Balaban J connectivity index is 1.77. The molecule has 0 unspecified atom stereocenters. The second-order valence-electron chi connectivity index (χ2n) is 5.73. The maximum Gasteiger partial charge on any atom is 0.338 e. The molecule has 27 heavy (non-hydrogen) atoms. The molecule has 1 saturated heterocycles. The first-order chi connectivity index (χ1) is 12.9. The van der Waals surface area contributed by atoms with Crippen molar-refractivity contribution in [3.8, 4) is 0 Å². The molecule has 0 spiro atoms. The van der Waals surface area contributed by atoms with E-state index in [0.29, 0.717) is 28.4 Å². The Labute approximate surface area is 170 Å². The molecule has 1 aliphatic heterocycles. The molecule has 1 aromatic carbocycles. The summed E-state index contributed by atoms with van der Waals surface area (Å²) >= 11 is 8.97. The zero-order valence-electron chi connectivity index (χ0n) is 14.1. The van der Waals surface area contributed by atoms with Crippen LogP contribution in [0.25, 0.3) is 0 Å². The van der Waals surface area contributed by atoms with Gasteiger partial charge in [0.25, 0.3) is 0 Å². The maximum atomic E-state index is 12.9. The van der Waals surface area contributed by atoms with E-state index in [-0.39, 0.29) is 30.2 Å². The molecule has 144 valence electrons. The Kier molecular flexibility index (Phi) is 6.48. The summed E-state index contributed by atoms with van der Waals surface area (Å²) in [5.41, 5.74) is 0.818. The van der Waals surface area contributed by atoms with Gasteiger partial charge in [0, 0.05) is 29.3 Å². The van der Waals surface area contributed by atoms with Crippen molar-refractivity contribution in [1.82, 2.24) is 9.29 Å². The minimum absolute atomic E-state index is 0.00458. The summed E-state index contributed by atoms with van der Waals surface area (Å²) in [4.78, 5) is 16.3. The van der Waals surface area contributed by atoms with Gasteiger partial charge in [0.1, 0.15) is 11.8 Å². The summed E-state index contributed by atoms with van der Waals surface area (Å²) in [6, 6.07) is 7.63. The van der Waals surface area contributed by atoms with E-state index in [2.05, 4.69) is 20.9 Å². The number of morpholine rings is 1. The van der Waals surface area contributed by atoms with Crippen LogP contribution in [0.1, 0.15) is 15.9 Å². The zero-order chi connectivity index (χ0) is 19.4. The van der Waals surface area contributed by atoms with Gasteiger partial charge in [-0.15, -0.1) is 0 Å². The van der Waals surface area contributed by atoms with E-state index in [1.807, 2.05) is 0 Å². The van der Waals surface area contributed by atoms with Crippen molar-refractivity contribution >= 4 is 43.5 Å². The van der Waals surface area contributed by atoms with Gasteiger partial charge in [0.15, 0.2) is 0 Å². The number of halogens is 2. The number of carbonyl (C=O) groups excluding carboxylic acids is 1. The minimum atomic E-state index is -3.75. The Bertz CT molecular complexity index is 931. The standard InChI is InChI=1S/C17H16BrClN2O5S/c18-14-3-2-13(17(22)26-11-12-1-4-16(19)20-10-12)9-15(14)27(23,24)21-5-7-25-8-6-21/h1-4,9-10H,5-8,11H2. The van der Waals surface area contributed by atoms with E-state index < -0.39 is 16.0 Å². The number of pyridine rings is 1. The third-order valence-electron chi connectivity index (χ3n) is 3.91. The quantitative estimate of drug-likeness (QED) is 0.488. The number of aromatic nitrogens is 1. The monoisotopic (exact) mass is 474 g/mol. The maximum absolute atomic E-state index is 12.9. The number of carbonyl (C=O) groups is 1. The molecule has 1 aliphatic rings. The van der Waals surface area contributed by atoms with Crippen molar-refractivity contribution in [2.45, 2.75) is 11.5 Å². The minimum Gasteiger partial charge on any atom is -0.457 e. The first-order valence-corrected chi connectivity index (χ1v) is 10.6. The largest absolute Gasteiger partial charge is 0.457 e. The molecule has 1 fully saturated rings. The van der Waals surface area contributed by atoms with Gasteiger partial charge in [-0.1, -0.05) is 17.7 Å². The normalized spacial score (nSPS) is 15.5. The van der Waals surface area contributed by atoms with Crippen LogP contribution in [0.5, 0.6) is 0 Å². The van der Waals surface area contributed by atoms with Gasteiger partial charge in [0.05, 0.1) is 23.7 Å². The Morgan fingerprint density at radius 2 is 2.00 bits per heavy atom. The Morgan fingerprint density at radius 1 is 1.26 bits per heavy atom. The molecular formula is C17H16BrClN2O5S. The van der Waals surface area contributed by atoms with E-state index in [1.54, 1.807) is 12.1 Å². The van der Waals surface area contributed by atoms with Crippen molar-refractivity contribution in [3.63, 3.8) is 0 Å². The molecule has 10 heteroatoms. The van der Waals surface area contributed by atoms with Gasteiger partial charge in [-0.25, -0.2) is 18.2 Å². The fourth-order valence-corrected chi connectivity index (χ4v) is 4.95. The van der Waals surface area contributed by atoms with Crippen molar-refractivity contribution in [3.05, 3.63) is 57.3 Å². The van der Waals surface area contributed by atoms with E-state index in [0.717, 1.165) is 0 Å². The van der Waals surface area contributed by atoms with Crippen LogP contribution in [-0.2, 0) is 26.1 Å². The molecule has 7 nitrogen and oxygen atoms in total. The summed E-state index contributed by atoms with van der Waals surface area (Å²) in [6.07, 6.45) is 1.51. The predicted octanol–water partition coefficient (Wildman–Crippen LogP) is 2.88. The van der Waals surface area contributed by atoms with Crippen LogP contribution in [0.15, 0.2) is 45.9 Å². The summed E-state index contributed by atoms with van der Waals surface area (Å²) in [7, 11) is -3.75. The molecule has 3 rings (SSSR count). The molecule has 0 amide bonds. The number of nitrogens with zero attached hydrogens (tertiary/aromatic N) is 2. The summed E-state index contributed by atoms with van der Waals surface area (Å²) < 4.78 is 37.9. The Hall–Kier alpha value is -1.52. The molecule has 1 aromatic heterocycles. The number of sulfonamides is 1. The highest BCUT2D eigenvalue weighted by atomic mass is 79.9. The van der Waals surface area contributed by atoms with Crippen LogP contribution in [0.2, 0.25) is 5.15 Å². The van der Waals surface area contributed by atoms with E-state index in [1.165, 1.54) is 28.7 Å². The number of rotatable bonds is 5. The molecule has 2 aromatic rings. The van der Waals surface area contributed by atoms with Gasteiger partial charge < -0.3 is 9.47 Å². The number of ether oxygens (including phenoxy) is 2. The highest BCUT2D eigenvalue weighted by Gasteiger charge is 2.29. The van der Waals surface area contributed by atoms with Crippen LogP contribution in [0.4, 0.5) is 0 Å². The second kappa shape index (κ2) is 8.66. The number of benzene rings is 1. The molecule has 2 heterocycles. The lowest BCUT2D eigenvalue weighted by atomic mass is 10.2. The first-order valence-electron chi connectivity index (χ1n) is 8.03. The molecule has 0 atom stereocenters. The van der Waals surface area contributed by atoms with Crippen LogP contribution in [0.3, 0.4) is 0 Å². The third-order valence-corrected chi connectivity index (χ3v) is 7.03. The second-order valence-corrected chi connectivity index (χ2v) is 8.87. The molecule has 0 bridgehead atoms. The molecule has 0 N–H and O–H groups in total. The SMILES string of the molecule is O=C(OCc1ccc(Cl)nc1)c1ccc(Br)c(S(=O)(=O)N2CCOCC2)c1. The lowest BCUT2D eigenvalue weighted by Crippen LogP contribution is -2.40. The van der Waals surface area contributed by atoms with Crippen molar-refractivity contribution in [2.75, 3.05) is 26.3 Å². The highest BCUT2D eigenvalue weighted by molar-refractivity contribution is 9.10. The highest BCUT2D eigenvalue weighted by Crippen LogP contribution is 2.27. The van der Waals surface area contributed by atoms with Gasteiger partial charge in [-0.2, -0.15) is 4.31 Å². The zero-order valence-corrected chi connectivity index (χ0v) is 17.3. The number of hydrogen-bond donors (Lipinski definition) is 0. The van der Waals surface area contributed by atoms with Gasteiger partial charge >= 0.3 is 5.97 Å². The third kappa shape index (κ3) is 4.85. The molecular weight excluding hydrogens is 460 g/mol. The lowest BCUT2D eigenvalue weighted by molar-refractivity contribution is 0.0472. The van der Waals surface area contributed by atoms with E-state index >= 15 is 0 Å². The summed E-state index contributed by atoms with van der Waals surface area (Å²) in [5.74, 6) is -0.629. The van der Waals surface area contributed by atoms with Gasteiger partial charge in [0.2, 0.25) is 10.0 Å². The summed E-state index contributed by atoms with van der Waals surface area (Å²) in [5, 5.41) is 0.343. The van der Waals surface area contributed by atoms with Crippen molar-refractivity contribution in [1.29, 1.82) is 0 Å². The van der Waals surface area contributed by atoms with Crippen molar-refractivity contribution < 1.29 is 22.7 Å². The fraction of sp³-hybridized carbons (Fsp3) is 0.294. The lowest BCUT2D eigenvalue weighted by Gasteiger charge is -2.26. The van der Waals surface area contributed by atoms with Crippen LogP contribution >= 0.6 is 27.5 Å². The number of esters is 1. The Morgan fingerprint density at radius 3 is 2.67 bits per heavy atom. The smallest absolute Gasteiger partial charge is 0.338 e. The molecule has 0 radical (unpaired) electrons.